The van der Waals surface area contributed by atoms with Crippen molar-refractivity contribution in [2.24, 2.45) is 0 Å². The number of benzene rings is 1. The second-order valence-corrected chi connectivity index (χ2v) is 7.07. The quantitative estimate of drug-likeness (QED) is 0.824. The van der Waals surface area contributed by atoms with Gasteiger partial charge in [-0.2, -0.15) is 0 Å². The van der Waals surface area contributed by atoms with Crippen LogP contribution in [0, 0.1) is 0 Å². The van der Waals surface area contributed by atoms with Crippen LogP contribution < -0.4 is 4.74 Å². The predicted octanol–water partition coefficient (Wildman–Crippen LogP) is 2.61. The summed E-state index contributed by atoms with van der Waals surface area (Å²) in [5.74, 6) is -0.504. The molecule has 134 valence electrons. The summed E-state index contributed by atoms with van der Waals surface area (Å²) in [5, 5.41) is 17.9. The Balaban J connectivity index is 0.000000185. The molecule has 0 saturated heterocycles. The van der Waals surface area contributed by atoms with Gasteiger partial charge in [0.1, 0.15) is 27.7 Å². The van der Waals surface area contributed by atoms with Crippen molar-refractivity contribution in [3.05, 3.63) is 57.6 Å². The first-order valence-corrected chi connectivity index (χ1v) is 8.91. The van der Waals surface area contributed by atoms with Crippen LogP contribution in [0.4, 0.5) is 0 Å². The molecule has 2 aliphatic heterocycles. The van der Waals surface area contributed by atoms with Gasteiger partial charge >= 0.3 is 5.97 Å². The molecule has 0 atom stereocenters. The van der Waals surface area contributed by atoms with E-state index >= 15 is 0 Å². The van der Waals surface area contributed by atoms with Gasteiger partial charge in [-0.3, -0.25) is 0 Å². The Morgan fingerprint density at radius 2 is 1.96 bits per heavy atom. The predicted molar refractivity (Wildman–Crippen MR) is 91.0 cm³/mol. The van der Waals surface area contributed by atoms with Crippen molar-refractivity contribution in [2.45, 2.75) is 13.3 Å². The summed E-state index contributed by atoms with van der Waals surface area (Å²) in [6.45, 7) is 2.49. The van der Waals surface area contributed by atoms with E-state index in [2.05, 4.69) is 0 Å². The van der Waals surface area contributed by atoms with Crippen LogP contribution in [-0.2, 0) is 14.6 Å². The van der Waals surface area contributed by atoms with Gasteiger partial charge in [-0.1, -0.05) is 6.92 Å². The van der Waals surface area contributed by atoms with E-state index in [-0.39, 0.29) is 16.2 Å². The number of carboxylic acid groups (broad SMARTS) is 1. The average molecular weight is 366 g/mol. The molecule has 2 aliphatic rings. The summed E-state index contributed by atoms with van der Waals surface area (Å²) in [5.41, 5.74) is -0.140. The van der Waals surface area contributed by atoms with Crippen molar-refractivity contribution in [3.8, 4) is 11.5 Å². The molecule has 8 heteroatoms. The van der Waals surface area contributed by atoms with E-state index in [1.165, 1.54) is 31.4 Å². The molecule has 1 aromatic carbocycles. The highest BCUT2D eigenvalue weighted by Crippen LogP contribution is 2.37. The fourth-order valence-corrected chi connectivity index (χ4v) is 3.58. The van der Waals surface area contributed by atoms with Crippen LogP contribution >= 0.6 is 0 Å². The highest BCUT2D eigenvalue weighted by atomic mass is 32.2. The summed E-state index contributed by atoms with van der Waals surface area (Å²) in [7, 11) is -1.69. The zero-order chi connectivity index (χ0) is 18.6. The van der Waals surface area contributed by atoms with Gasteiger partial charge < -0.3 is 19.7 Å². The molecule has 3 rings (SSSR count). The lowest BCUT2D eigenvalue weighted by Gasteiger charge is -2.06. The van der Waals surface area contributed by atoms with Crippen molar-refractivity contribution in [3.63, 3.8) is 0 Å². The number of fused-ring (bicyclic) bond motifs is 2. The minimum absolute atomic E-state index is 0.140. The van der Waals surface area contributed by atoms with Gasteiger partial charge in [0.15, 0.2) is 0 Å². The van der Waals surface area contributed by atoms with Crippen molar-refractivity contribution in [1.82, 2.24) is 0 Å². The normalized spacial score (nSPS) is 16.2. The summed E-state index contributed by atoms with van der Waals surface area (Å²) in [6, 6.07) is 4.17. The van der Waals surface area contributed by atoms with Crippen molar-refractivity contribution >= 4 is 15.8 Å². The molecule has 2 N–H and O–H groups in total. The molecule has 25 heavy (non-hydrogen) atoms. The molecule has 0 spiro atoms. The van der Waals surface area contributed by atoms with E-state index in [0.717, 1.165) is 6.42 Å². The van der Waals surface area contributed by atoms with E-state index in [1.54, 1.807) is 12.2 Å². The molecule has 2 heterocycles. The SMILES string of the molecule is CCCOc1ccc(O)c(C(=O)O)c1.COC1=C2C=CC(=C1)S2(=O)=O. The zero-order valence-corrected chi connectivity index (χ0v) is 14.5. The van der Waals surface area contributed by atoms with Gasteiger partial charge in [0.2, 0.25) is 9.84 Å². The smallest absolute Gasteiger partial charge is 0.339 e. The van der Waals surface area contributed by atoms with Crippen LogP contribution in [0.2, 0.25) is 0 Å². The lowest BCUT2D eigenvalue weighted by atomic mass is 10.2. The average Bonchev–Trinajstić information content (AvgIpc) is 3.01. The third-order valence-electron chi connectivity index (χ3n) is 3.41. The summed E-state index contributed by atoms with van der Waals surface area (Å²) < 4.78 is 32.6. The Morgan fingerprint density at radius 1 is 1.24 bits per heavy atom. The van der Waals surface area contributed by atoms with E-state index in [9.17, 15) is 18.3 Å². The molecule has 0 amide bonds. The maximum atomic E-state index is 11.3. The second-order valence-electron chi connectivity index (χ2n) is 5.15. The second kappa shape index (κ2) is 7.43. The number of allylic oxidation sites excluding steroid dienone is 3. The third kappa shape index (κ3) is 3.85. The van der Waals surface area contributed by atoms with Crippen molar-refractivity contribution < 1.29 is 32.9 Å². The standard InChI is InChI=1S/C10H12O4.C7H6O3S/c1-2-5-14-7-3-4-9(11)8(6-7)10(12)13;1-10-6-4-5-2-3-7(6)11(5,8)9/h3-4,6,11H,2,5H2,1H3,(H,12,13);2-4H,1H3. The largest absolute Gasteiger partial charge is 0.507 e. The molecule has 0 saturated carbocycles. The minimum Gasteiger partial charge on any atom is -0.507 e. The van der Waals surface area contributed by atoms with E-state index < -0.39 is 15.8 Å². The van der Waals surface area contributed by atoms with E-state index in [4.69, 9.17) is 14.6 Å². The Hall–Kier alpha value is -2.74. The highest BCUT2D eigenvalue weighted by molar-refractivity contribution is 8.00. The Labute approximate surface area is 145 Å². The van der Waals surface area contributed by atoms with Crippen LogP contribution in [0.15, 0.2) is 52.0 Å². The van der Waals surface area contributed by atoms with Gasteiger partial charge in [-0.15, -0.1) is 0 Å². The van der Waals surface area contributed by atoms with E-state index in [1.807, 2.05) is 6.92 Å². The number of hydrogen-bond acceptors (Lipinski definition) is 6. The molecular weight excluding hydrogens is 348 g/mol. The maximum Gasteiger partial charge on any atom is 0.339 e. The molecule has 0 fully saturated rings. The Bertz CT molecular complexity index is 876. The molecule has 7 nitrogen and oxygen atoms in total. The third-order valence-corrected chi connectivity index (χ3v) is 5.20. The van der Waals surface area contributed by atoms with Gasteiger partial charge in [-0.05, 0) is 36.8 Å². The number of carboxylic acids is 1. The van der Waals surface area contributed by atoms with E-state index in [0.29, 0.717) is 23.0 Å². The number of sulfone groups is 1. The number of hydrogen-bond donors (Lipinski definition) is 2. The number of carbonyl (C=O) groups is 1. The number of phenols is 1. The highest BCUT2D eigenvalue weighted by Gasteiger charge is 2.34. The Kier molecular flexibility index (Phi) is 5.53. The first-order valence-electron chi connectivity index (χ1n) is 7.43. The lowest BCUT2D eigenvalue weighted by molar-refractivity contribution is 0.0693. The number of methoxy groups -OCH3 is 1. The minimum atomic E-state index is -3.15. The van der Waals surface area contributed by atoms with Crippen LogP contribution in [0.5, 0.6) is 11.5 Å². The fourth-order valence-electron chi connectivity index (χ4n) is 2.16. The number of ether oxygens (including phenoxy) is 2. The first kappa shape index (κ1) is 18.6. The summed E-state index contributed by atoms with van der Waals surface area (Å²) in [4.78, 5) is 11.3. The molecule has 0 aromatic heterocycles. The molecule has 1 aromatic rings. The molecule has 2 bridgehead atoms. The number of aromatic hydroxyl groups is 1. The van der Waals surface area contributed by atoms with Crippen LogP contribution in [0.25, 0.3) is 0 Å². The van der Waals surface area contributed by atoms with Gasteiger partial charge in [0.05, 0.1) is 18.6 Å². The number of aromatic carboxylic acids is 1. The first-order chi connectivity index (χ1) is 11.8. The molecule has 0 aliphatic carbocycles. The maximum absolute atomic E-state index is 11.3. The van der Waals surface area contributed by atoms with Gasteiger partial charge in [0.25, 0.3) is 0 Å². The fraction of sp³-hybridized carbons (Fsp3) is 0.235. The molecular formula is C17H18O7S. The zero-order valence-electron chi connectivity index (χ0n) is 13.7. The van der Waals surface area contributed by atoms with Crippen LogP contribution in [0.1, 0.15) is 23.7 Å². The van der Waals surface area contributed by atoms with Crippen LogP contribution in [-0.4, -0.2) is 38.3 Å². The van der Waals surface area contributed by atoms with Gasteiger partial charge in [0, 0.05) is 6.08 Å². The summed E-state index contributed by atoms with van der Waals surface area (Å²) in [6.07, 6.45) is 5.52. The van der Waals surface area contributed by atoms with Crippen molar-refractivity contribution in [1.29, 1.82) is 0 Å². The summed E-state index contributed by atoms with van der Waals surface area (Å²) >= 11 is 0. The number of rotatable bonds is 5. The monoisotopic (exact) mass is 366 g/mol. The lowest BCUT2D eigenvalue weighted by Crippen LogP contribution is -1.99. The molecule has 0 radical (unpaired) electrons. The van der Waals surface area contributed by atoms with Gasteiger partial charge in [-0.25, -0.2) is 13.2 Å². The van der Waals surface area contributed by atoms with Crippen molar-refractivity contribution in [2.75, 3.05) is 13.7 Å². The topological polar surface area (TPSA) is 110 Å². The molecule has 0 unspecified atom stereocenters. The Morgan fingerprint density at radius 3 is 2.40 bits per heavy atom. The van der Waals surface area contributed by atoms with Crippen LogP contribution in [0.3, 0.4) is 0 Å².